The van der Waals surface area contributed by atoms with Crippen molar-refractivity contribution in [1.82, 2.24) is 5.32 Å². The average Bonchev–Trinajstić information content (AvgIpc) is 3.19. The van der Waals surface area contributed by atoms with E-state index in [0.717, 1.165) is 24.8 Å². The number of hydrogen-bond acceptors (Lipinski definition) is 4. The van der Waals surface area contributed by atoms with E-state index < -0.39 is 0 Å². The van der Waals surface area contributed by atoms with Crippen molar-refractivity contribution in [2.24, 2.45) is 28.6 Å². The highest BCUT2D eigenvalue weighted by atomic mass is 16.5. The maximum absolute atomic E-state index is 12.6. The number of esters is 1. The molecule has 1 amide bonds. The lowest BCUT2D eigenvalue weighted by Crippen LogP contribution is -2.59. The van der Waals surface area contributed by atoms with E-state index in [2.05, 4.69) is 19.2 Å². The fourth-order valence-electron chi connectivity index (χ4n) is 6.35. The lowest BCUT2D eigenvalue weighted by molar-refractivity contribution is -0.139. The van der Waals surface area contributed by atoms with Crippen molar-refractivity contribution in [2.75, 3.05) is 13.7 Å². The zero-order valence-corrected chi connectivity index (χ0v) is 18.2. The van der Waals surface area contributed by atoms with Crippen molar-refractivity contribution in [3.05, 3.63) is 35.4 Å². The quantitative estimate of drug-likeness (QED) is 0.774. The van der Waals surface area contributed by atoms with E-state index in [0.29, 0.717) is 24.0 Å². The van der Waals surface area contributed by atoms with E-state index in [1.54, 1.807) is 0 Å². The van der Waals surface area contributed by atoms with Crippen LogP contribution in [0.5, 0.6) is 0 Å². The highest BCUT2D eigenvalue weighted by molar-refractivity contribution is 5.89. The topological polar surface area (TPSA) is 64.6 Å². The highest BCUT2D eigenvalue weighted by Gasteiger charge is 2.68. The molecule has 1 aliphatic heterocycles. The Morgan fingerprint density at radius 3 is 2.52 bits per heavy atom. The molecular weight excluding hydrogens is 366 g/mol. The third-order valence-corrected chi connectivity index (χ3v) is 7.98. The third kappa shape index (κ3) is 3.09. The summed E-state index contributed by atoms with van der Waals surface area (Å²) in [4.78, 5) is 24.4. The number of carbonyl (C=O) groups excluding carboxylic acids is 2. The molecule has 1 aromatic rings. The molecule has 1 saturated heterocycles. The molecule has 1 heterocycles. The fraction of sp³-hybridized carbons (Fsp3) is 0.667. The smallest absolute Gasteiger partial charge is 0.337 e. The zero-order valence-electron chi connectivity index (χ0n) is 18.2. The van der Waals surface area contributed by atoms with Crippen LogP contribution in [0.25, 0.3) is 0 Å². The van der Waals surface area contributed by atoms with Crippen LogP contribution in [0.1, 0.15) is 69.0 Å². The van der Waals surface area contributed by atoms with Crippen molar-refractivity contribution >= 4 is 11.9 Å². The van der Waals surface area contributed by atoms with Crippen molar-refractivity contribution in [3.8, 4) is 0 Å². The van der Waals surface area contributed by atoms with Gasteiger partial charge in [0.25, 0.3) is 0 Å². The lowest BCUT2D eigenvalue weighted by atomic mass is 9.58. The van der Waals surface area contributed by atoms with Gasteiger partial charge in [0.15, 0.2) is 0 Å². The molecule has 1 spiro atoms. The van der Waals surface area contributed by atoms with Gasteiger partial charge in [-0.3, -0.25) is 4.79 Å². The molecule has 5 heteroatoms. The second-order valence-corrected chi connectivity index (χ2v) is 10.0. The van der Waals surface area contributed by atoms with Gasteiger partial charge >= 0.3 is 5.97 Å². The Labute approximate surface area is 173 Å². The fourth-order valence-corrected chi connectivity index (χ4v) is 6.35. The summed E-state index contributed by atoms with van der Waals surface area (Å²) < 4.78 is 11.1. The van der Waals surface area contributed by atoms with Crippen LogP contribution in [0.15, 0.2) is 24.3 Å². The Bertz CT molecular complexity index is 800. The zero-order chi connectivity index (χ0) is 21.0. The first-order chi connectivity index (χ1) is 13.7. The summed E-state index contributed by atoms with van der Waals surface area (Å²) in [6.07, 6.45) is 3.30. The molecule has 2 aliphatic carbocycles. The maximum atomic E-state index is 12.6. The van der Waals surface area contributed by atoms with Crippen molar-refractivity contribution in [1.29, 1.82) is 0 Å². The van der Waals surface area contributed by atoms with E-state index >= 15 is 0 Å². The van der Waals surface area contributed by atoms with Gasteiger partial charge in [-0.2, -0.15) is 0 Å². The predicted molar refractivity (Wildman–Crippen MR) is 110 cm³/mol. The minimum atomic E-state index is -0.323. The molecule has 0 radical (unpaired) electrons. The van der Waals surface area contributed by atoms with Gasteiger partial charge in [0.05, 0.1) is 18.8 Å². The standard InChI is InChI=1S/C24H33NO4/c1-14(2)20(26)25-22-23(3,4)17-12-18-19(29-11-10-24(18,22)13-17)15-6-8-16(9-7-15)21(27)28-5/h6-9,14,17-19,22H,10-13H2,1-5H3,(H,25,26)/t17-,18-,19-,22-,24-/m1/s1. The number of carbonyl (C=O) groups is 2. The van der Waals surface area contributed by atoms with Gasteiger partial charge in [0, 0.05) is 18.6 Å². The van der Waals surface area contributed by atoms with E-state index in [9.17, 15) is 9.59 Å². The van der Waals surface area contributed by atoms with Gasteiger partial charge in [0.1, 0.15) is 0 Å². The second kappa shape index (κ2) is 7.12. The van der Waals surface area contributed by atoms with Crippen LogP contribution in [0, 0.1) is 28.6 Å². The van der Waals surface area contributed by atoms with Crippen LogP contribution in [0.2, 0.25) is 0 Å². The number of nitrogens with one attached hydrogen (secondary N) is 1. The van der Waals surface area contributed by atoms with E-state index in [-0.39, 0.29) is 40.8 Å². The molecule has 5 nitrogen and oxygen atoms in total. The Kier molecular flexibility index (Phi) is 5.01. The van der Waals surface area contributed by atoms with Gasteiger partial charge in [-0.25, -0.2) is 4.79 Å². The predicted octanol–water partition coefficient (Wildman–Crippen LogP) is 4.13. The first kappa shape index (κ1) is 20.4. The lowest BCUT2D eigenvalue weighted by Gasteiger charge is -2.53. The Morgan fingerprint density at radius 1 is 1.21 bits per heavy atom. The summed E-state index contributed by atoms with van der Waals surface area (Å²) in [7, 11) is 1.40. The van der Waals surface area contributed by atoms with Crippen LogP contribution >= 0.6 is 0 Å². The molecule has 29 heavy (non-hydrogen) atoms. The first-order valence-corrected chi connectivity index (χ1v) is 10.8. The minimum Gasteiger partial charge on any atom is -0.465 e. The summed E-state index contributed by atoms with van der Waals surface area (Å²) in [6.45, 7) is 9.27. The van der Waals surface area contributed by atoms with Crippen LogP contribution in [0.4, 0.5) is 0 Å². The van der Waals surface area contributed by atoms with Gasteiger partial charge in [0.2, 0.25) is 5.91 Å². The number of amides is 1. The Hall–Kier alpha value is -1.88. The first-order valence-electron chi connectivity index (χ1n) is 10.8. The minimum absolute atomic E-state index is 0.00926. The number of fused-ring (bicyclic) bond motifs is 1. The number of methoxy groups -OCH3 is 1. The monoisotopic (exact) mass is 399 g/mol. The van der Waals surface area contributed by atoms with Crippen molar-refractivity contribution in [2.45, 2.75) is 59.1 Å². The molecule has 5 atom stereocenters. The van der Waals surface area contributed by atoms with Crippen LogP contribution in [-0.2, 0) is 14.3 Å². The summed E-state index contributed by atoms with van der Waals surface area (Å²) in [5, 5.41) is 3.44. The second-order valence-electron chi connectivity index (χ2n) is 10.0. The Balaban J connectivity index is 1.64. The van der Waals surface area contributed by atoms with Crippen molar-refractivity contribution in [3.63, 3.8) is 0 Å². The molecule has 1 N–H and O–H groups in total. The Morgan fingerprint density at radius 2 is 1.90 bits per heavy atom. The molecule has 0 aromatic heterocycles. The molecule has 3 aliphatic rings. The highest BCUT2D eigenvalue weighted by Crippen LogP contribution is 2.70. The SMILES string of the molecule is COC(=O)c1ccc([C@H]2OCC[C@@]34C[C@@H](C[C@H]23)C(C)(C)[C@H]4NC(=O)C(C)C)cc1. The van der Waals surface area contributed by atoms with E-state index in [1.807, 2.05) is 38.1 Å². The maximum Gasteiger partial charge on any atom is 0.337 e. The number of hydrogen-bond donors (Lipinski definition) is 1. The number of benzene rings is 1. The van der Waals surface area contributed by atoms with Crippen LogP contribution < -0.4 is 5.32 Å². The summed E-state index contributed by atoms with van der Waals surface area (Å²) in [6, 6.07) is 7.81. The largest absolute Gasteiger partial charge is 0.465 e. The third-order valence-electron chi connectivity index (χ3n) is 7.98. The molecular formula is C24H33NO4. The van der Waals surface area contributed by atoms with Gasteiger partial charge in [-0.1, -0.05) is 39.8 Å². The normalized spacial score (nSPS) is 34.7. The van der Waals surface area contributed by atoms with Gasteiger partial charge in [-0.05, 0) is 59.6 Å². The van der Waals surface area contributed by atoms with E-state index in [4.69, 9.17) is 9.47 Å². The number of rotatable bonds is 4. The van der Waals surface area contributed by atoms with Gasteiger partial charge in [-0.15, -0.1) is 0 Å². The molecule has 1 aromatic carbocycles. The average molecular weight is 400 g/mol. The summed E-state index contributed by atoms with van der Waals surface area (Å²) in [5.74, 6) is 0.783. The van der Waals surface area contributed by atoms with Crippen molar-refractivity contribution < 1.29 is 19.1 Å². The summed E-state index contributed by atoms with van der Waals surface area (Å²) >= 11 is 0. The summed E-state index contributed by atoms with van der Waals surface area (Å²) in [5.41, 5.74) is 1.85. The van der Waals surface area contributed by atoms with E-state index in [1.165, 1.54) is 7.11 Å². The molecule has 2 saturated carbocycles. The van der Waals surface area contributed by atoms with Crippen LogP contribution in [-0.4, -0.2) is 31.6 Å². The van der Waals surface area contributed by atoms with Crippen LogP contribution in [0.3, 0.4) is 0 Å². The molecule has 0 unspecified atom stereocenters. The molecule has 2 bridgehead atoms. The number of ether oxygens (including phenoxy) is 2. The molecule has 3 fully saturated rings. The van der Waals surface area contributed by atoms with Gasteiger partial charge < -0.3 is 14.8 Å². The molecule has 4 rings (SSSR count). The molecule has 158 valence electrons.